The van der Waals surface area contributed by atoms with Crippen LogP contribution in [0.15, 0.2) is 30.3 Å². The van der Waals surface area contributed by atoms with E-state index in [2.05, 4.69) is 9.97 Å². The van der Waals surface area contributed by atoms with Crippen LogP contribution in [0.3, 0.4) is 0 Å². The number of rotatable bonds is 2. The lowest BCUT2D eigenvalue weighted by Crippen LogP contribution is -1.98. The molecular formula is C15H12F2N2O. The highest BCUT2D eigenvalue weighted by atomic mass is 19.2. The molecule has 1 N–H and O–H groups in total. The largest absolute Gasteiger partial charge is 0.496 e. The molecule has 1 heterocycles. The number of H-pyrrole nitrogens is 1. The minimum atomic E-state index is -0.928. The molecule has 2 aromatic carbocycles. The highest BCUT2D eigenvalue weighted by Gasteiger charge is 2.19. The Bertz CT molecular complexity index is 763. The van der Waals surface area contributed by atoms with Crippen molar-refractivity contribution in [1.29, 1.82) is 0 Å². The van der Waals surface area contributed by atoms with Crippen molar-refractivity contribution in [2.75, 3.05) is 7.11 Å². The Morgan fingerprint density at radius 3 is 2.60 bits per heavy atom. The number of para-hydroxylation sites is 2. The van der Waals surface area contributed by atoms with Gasteiger partial charge in [-0.05, 0) is 25.1 Å². The van der Waals surface area contributed by atoms with Gasteiger partial charge < -0.3 is 9.72 Å². The molecule has 0 spiro atoms. The molecule has 1 aromatic heterocycles. The van der Waals surface area contributed by atoms with Crippen LogP contribution in [0.1, 0.15) is 5.56 Å². The molecule has 102 valence electrons. The number of ether oxygens (including phenoxy) is 1. The third-order valence-corrected chi connectivity index (χ3v) is 3.27. The number of aromatic nitrogens is 2. The van der Waals surface area contributed by atoms with Crippen molar-refractivity contribution in [2.45, 2.75) is 6.92 Å². The van der Waals surface area contributed by atoms with E-state index in [4.69, 9.17) is 4.74 Å². The first kappa shape index (κ1) is 12.6. The Kier molecular flexibility index (Phi) is 2.89. The topological polar surface area (TPSA) is 37.9 Å². The molecule has 0 bridgehead atoms. The second kappa shape index (κ2) is 4.59. The second-order valence-electron chi connectivity index (χ2n) is 4.48. The van der Waals surface area contributed by atoms with Crippen molar-refractivity contribution in [3.8, 4) is 17.1 Å². The summed E-state index contributed by atoms with van der Waals surface area (Å²) in [5, 5.41) is 0. The number of hydrogen-bond acceptors (Lipinski definition) is 2. The lowest BCUT2D eigenvalue weighted by atomic mass is 10.1. The second-order valence-corrected chi connectivity index (χ2v) is 4.48. The average molecular weight is 274 g/mol. The first-order valence-corrected chi connectivity index (χ1v) is 6.09. The van der Waals surface area contributed by atoms with Gasteiger partial charge >= 0.3 is 0 Å². The van der Waals surface area contributed by atoms with Crippen molar-refractivity contribution >= 4 is 11.0 Å². The van der Waals surface area contributed by atoms with Crippen molar-refractivity contribution in [2.24, 2.45) is 0 Å². The summed E-state index contributed by atoms with van der Waals surface area (Å²) in [5.74, 6) is -1.28. The molecule has 0 atom stereocenters. The van der Waals surface area contributed by atoms with Gasteiger partial charge in [0.05, 0.1) is 23.7 Å². The minimum absolute atomic E-state index is 0.0566. The number of hydrogen-bond donors (Lipinski definition) is 1. The fourth-order valence-corrected chi connectivity index (χ4v) is 2.16. The molecule has 0 amide bonds. The number of nitrogens with zero attached hydrogens (tertiary/aromatic N) is 1. The molecule has 0 aliphatic rings. The minimum Gasteiger partial charge on any atom is -0.496 e. The van der Waals surface area contributed by atoms with E-state index in [0.717, 1.165) is 5.52 Å². The van der Waals surface area contributed by atoms with Crippen LogP contribution < -0.4 is 4.74 Å². The average Bonchev–Trinajstić information content (AvgIpc) is 2.89. The van der Waals surface area contributed by atoms with E-state index in [1.807, 2.05) is 18.2 Å². The van der Waals surface area contributed by atoms with Gasteiger partial charge in [-0.2, -0.15) is 0 Å². The van der Waals surface area contributed by atoms with E-state index >= 15 is 0 Å². The molecule has 0 fully saturated rings. The van der Waals surface area contributed by atoms with Crippen LogP contribution >= 0.6 is 0 Å². The van der Waals surface area contributed by atoms with E-state index in [1.54, 1.807) is 6.07 Å². The van der Waals surface area contributed by atoms with E-state index in [9.17, 15) is 8.78 Å². The van der Waals surface area contributed by atoms with Crippen LogP contribution in [0, 0.1) is 18.6 Å². The highest BCUT2D eigenvalue weighted by molar-refractivity contribution is 5.79. The Morgan fingerprint density at radius 2 is 1.90 bits per heavy atom. The smallest absolute Gasteiger partial charge is 0.170 e. The number of methoxy groups -OCH3 is 1. The Labute approximate surface area is 114 Å². The molecular weight excluding hydrogens is 262 g/mol. The molecule has 5 heteroatoms. The summed E-state index contributed by atoms with van der Waals surface area (Å²) in [6.45, 7) is 1.47. The summed E-state index contributed by atoms with van der Waals surface area (Å²) in [7, 11) is 1.42. The van der Waals surface area contributed by atoms with Crippen molar-refractivity contribution in [1.82, 2.24) is 9.97 Å². The molecule has 3 rings (SSSR count). The maximum Gasteiger partial charge on any atom is 0.170 e. The predicted molar refractivity (Wildman–Crippen MR) is 72.7 cm³/mol. The first-order valence-electron chi connectivity index (χ1n) is 6.09. The number of aromatic amines is 1. The molecule has 0 aliphatic heterocycles. The Balaban J connectivity index is 2.25. The fourth-order valence-electron chi connectivity index (χ4n) is 2.16. The van der Waals surface area contributed by atoms with Gasteiger partial charge in [-0.25, -0.2) is 13.8 Å². The standard InChI is InChI=1S/C15H12F2N2O/c1-8-12(20-2)7-9(14(17)13(8)16)15-18-10-5-3-4-6-11(10)19-15/h3-7H,1-2H3,(H,18,19). The summed E-state index contributed by atoms with van der Waals surface area (Å²) in [4.78, 5) is 7.25. The van der Waals surface area contributed by atoms with Gasteiger partial charge in [0.2, 0.25) is 0 Å². The van der Waals surface area contributed by atoms with Crippen LogP contribution in [0.25, 0.3) is 22.4 Å². The van der Waals surface area contributed by atoms with Crippen LogP contribution in [-0.2, 0) is 0 Å². The van der Waals surface area contributed by atoms with Gasteiger partial charge in [-0.15, -0.1) is 0 Å². The summed E-state index contributed by atoms with van der Waals surface area (Å²) >= 11 is 0. The molecule has 0 saturated carbocycles. The number of halogens is 2. The van der Waals surface area contributed by atoms with E-state index in [1.165, 1.54) is 20.1 Å². The quantitative estimate of drug-likeness (QED) is 0.771. The van der Waals surface area contributed by atoms with Crippen LogP contribution in [0.5, 0.6) is 5.75 Å². The monoisotopic (exact) mass is 274 g/mol. The molecule has 0 aliphatic carbocycles. The Morgan fingerprint density at radius 1 is 1.15 bits per heavy atom. The summed E-state index contributed by atoms with van der Waals surface area (Å²) in [6, 6.07) is 8.75. The Hall–Kier alpha value is -2.43. The molecule has 3 nitrogen and oxygen atoms in total. The molecule has 0 unspecified atom stereocenters. The zero-order chi connectivity index (χ0) is 14.3. The van der Waals surface area contributed by atoms with Gasteiger partial charge in [0.15, 0.2) is 11.6 Å². The van der Waals surface area contributed by atoms with E-state index in [-0.39, 0.29) is 17.0 Å². The van der Waals surface area contributed by atoms with Gasteiger partial charge in [-0.3, -0.25) is 0 Å². The number of fused-ring (bicyclic) bond motifs is 1. The van der Waals surface area contributed by atoms with Crippen molar-refractivity contribution < 1.29 is 13.5 Å². The first-order chi connectivity index (χ1) is 9.61. The summed E-state index contributed by atoms with van der Waals surface area (Å²) < 4.78 is 33.1. The number of imidazole rings is 1. The van der Waals surface area contributed by atoms with Crippen LogP contribution in [0.4, 0.5) is 8.78 Å². The molecule has 20 heavy (non-hydrogen) atoms. The van der Waals surface area contributed by atoms with E-state index < -0.39 is 11.6 Å². The lowest BCUT2D eigenvalue weighted by Gasteiger charge is -2.09. The third-order valence-electron chi connectivity index (χ3n) is 3.27. The van der Waals surface area contributed by atoms with Gasteiger partial charge in [-0.1, -0.05) is 12.1 Å². The molecule has 0 radical (unpaired) electrons. The van der Waals surface area contributed by atoms with Gasteiger partial charge in [0.25, 0.3) is 0 Å². The normalized spacial score (nSPS) is 11.0. The van der Waals surface area contributed by atoms with Crippen LogP contribution in [0.2, 0.25) is 0 Å². The SMILES string of the molecule is COc1cc(-c2nc3ccccc3[nH]2)c(F)c(F)c1C. The van der Waals surface area contributed by atoms with Crippen molar-refractivity contribution in [3.05, 3.63) is 47.5 Å². The maximum absolute atomic E-state index is 14.1. The number of benzene rings is 2. The highest BCUT2D eigenvalue weighted by Crippen LogP contribution is 2.32. The molecule has 3 aromatic rings. The zero-order valence-corrected chi connectivity index (χ0v) is 11.0. The number of nitrogens with one attached hydrogen (secondary N) is 1. The summed E-state index contributed by atoms with van der Waals surface area (Å²) in [5.41, 5.74) is 1.66. The summed E-state index contributed by atoms with van der Waals surface area (Å²) in [6.07, 6.45) is 0. The van der Waals surface area contributed by atoms with Crippen LogP contribution in [-0.4, -0.2) is 17.1 Å². The predicted octanol–water partition coefficient (Wildman–Crippen LogP) is 3.83. The lowest BCUT2D eigenvalue weighted by molar-refractivity contribution is 0.402. The zero-order valence-electron chi connectivity index (χ0n) is 11.0. The van der Waals surface area contributed by atoms with Gasteiger partial charge in [0, 0.05) is 5.56 Å². The van der Waals surface area contributed by atoms with Gasteiger partial charge in [0.1, 0.15) is 11.6 Å². The molecule has 0 saturated heterocycles. The third kappa shape index (κ3) is 1.82. The fraction of sp³-hybridized carbons (Fsp3) is 0.133. The maximum atomic E-state index is 14.1. The van der Waals surface area contributed by atoms with Crippen molar-refractivity contribution in [3.63, 3.8) is 0 Å². The van der Waals surface area contributed by atoms with E-state index in [0.29, 0.717) is 11.3 Å².